The second kappa shape index (κ2) is 9.08. The van der Waals surface area contributed by atoms with Crippen LogP contribution in [-0.4, -0.2) is 37.7 Å². The van der Waals surface area contributed by atoms with Crippen LogP contribution in [0, 0.1) is 5.41 Å². The molecule has 0 atom stereocenters. The molecule has 0 unspecified atom stereocenters. The van der Waals surface area contributed by atoms with Crippen molar-refractivity contribution < 1.29 is 14.3 Å². The summed E-state index contributed by atoms with van der Waals surface area (Å²) in [5.41, 5.74) is 12.2. The van der Waals surface area contributed by atoms with Crippen LogP contribution in [0.25, 0.3) is 0 Å². The SMILES string of the molecule is C=CC(=O)OCCN(C(N)=O)c1ccc(CCNC(=N)N)cc1. The minimum absolute atomic E-state index is 0.0259. The van der Waals surface area contributed by atoms with Crippen molar-refractivity contribution in [3.8, 4) is 0 Å². The number of urea groups is 1. The quantitative estimate of drug-likeness (QED) is 0.237. The van der Waals surface area contributed by atoms with Crippen LogP contribution in [0.1, 0.15) is 5.56 Å². The predicted molar refractivity (Wildman–Crippen MR) is 88.1 cm³/mol. The van der Waals surface area contributed by atoms with Crippen LogP contribution >= 0.6 is 0 Å². The largest absolute Gasteiger partial charge is 0.461 e. The third-order valence-electron chi connectivity index (χ3n) is 2.97. The van der Waals surface area contributed by atoms with E-state index in [4.69, 9.17) is 21.6 Å². The van der Waals surface area contributed by atoms with Crippen molar-refractivity contribution in [2.24, 2.45) is 11.5 Å². The van der Waals surface area contributed by atoms with Gasteiger partial charge >= 0.3 is 12.0 Å². The first-order chi connectivity index (χ1) is 10.9. The zero-order chi connectivity index (χ0) is 17.2. The molecule has 0 saturated heterocycles. The van der Waals surface area contributed by atoms with Gasteiger partial charge in [0, 0.05) is 18.3 Å². The van der Waals surface area contributed by atoms with Gasteiger partial charge in [0.25, 0.3) is 0 Å². The zero-order valence-electron chi connectivity index (χ0n) is 12.7. The van der Waals surface area contributed by atoms with Crippen LogP contribution < -0.4 is 21.7 Å². The molecule has 0 saturated carbocycles. The third kappa shape index (κ3) is 6.51. The lowest BCUT2D eigenvalue weighted by molar-refractivity contribution is -0.137. The fourth-order valence-electron chi connectivity index (χ4n) is 1.85. The van der Waals surface area contributed by atoms with Gasteiger partial charge in [-0.05, 0) is 24.1 Å². The van der Waals surface area contributed by atoms with Gasteiger partial charge in [-0.15, -0.1) is 0 Å². The van der Waals surface area contributed by atoms with E-state index in [-0.39, 0.29) is 19.1 Å². The Morgan fingerprint density at radius 2 is 1.96 bits per heavy atom. The number of carbonyl (C=O) groups excluding carboxylic acids is 2. The molecule has 1 aromatic carbocycles. The van der Waals surface area contributed by atoms with Gasteiger partial charge in [-0.3, -0.25) is 10.3 Å². The number of anilines is 1. The van der Waals surface area contributed by atoms with Crippen LogP contribution in [0.5, 0.6) is 0 Å². The Labute approximate surface area is 134 Å². The standard InChI is InChI=1S/C15H21N5O3/c1-2-13(21)23-10-9-20(15(18)22)12-5-3-11(4-6-12)7-8-19-14(16)17/h2-6H,1,7-10H2,(H2,18,22)(H4,16,17,19). The summed E-state index contributed by atoms with van der Waals surface area (Å²) in [5, 5.41) is 9.79. The molecule has 0 aromatic heterocycles. The summed E-state index contributed by atoms with van der Waals surface area (Å²) in [5.74, 6) is -0.627. The highest BCUT2D eigenvalue weighted by atomic mass is 16.5. The monoisotopic (exact) mass is 319 g/mol. The highest BCUT2D eigenvalue weighted by Crippen LogP contribution is 2.15. The van der Waals surface area contributed by atoms with Gasteiger partial charge < -0.3 is 21.5 Å². The number of guanidine groups is 1. The van der Waals surface area contributed by atoms with E-state index in [1.165, 1.54) is 4.90 Å². The van der Waals surface area contributed by atoms with E-state index in [2.05, 4.69) is 11.9 Å². The summed E-state index contributed by atoms with van der Waals surface area (Å²) < 4.78 is 4.85. The van der Waals surface area contributed by atoms with Gasteiger partial charge in [0.1, 0.15) is 6.61 Å². The molecule has 0 radical (unpaired) electrons. The molecule has 124 valence electrons. The number of hydrogen-bond acceptors (Lipinski definition) is 4. The maximum absolute atomic E-state index is 11.5. The Balaban J connectivity index is 2.61. The van der Waals surface area contributed by atoms with Gasteiger partial charge in [-0.25, -0.2) is 9.59 Å². The summed E-state index contributed by atoms with van der Waals surface area (Å²) in [6, 6.07) is 6.57. The first-order valence-corrected chi connectivity index (χ1v) is 6.97. The number of ether oxygens (including phenoxy) is 1. The average molecular weight is 319 g/mol. The van der Waals surface area contributed by atoms with Crippen molar-refractivity contribution in [2.45, 2.75) is 6.42 Å². The van der Waals surface area contributed by atoms with Crippen LogP contribution in [0.15, 0.2) is 36.9 Å². The highest BCUT2D eigenvalue weighted by molar-refractivity contribution is 5.90. The Hall–Kier alpha value is -3.03. The molecule has 8 nitrogen and oxygen atoms in total. The molecular formula is C15H21N5O3. The summed E-state index contributed by atoms with van der Waals surface area (Å²) in [7, 11) is 0. The van der Waals surface area contributed by atoms with E-state index < -0.39 is 12.0 Å². The molecule has 23 heavy (non-hydrogen) atoms. The number of primary amides is 1. The molecule has 2 amide bonds. The Kier molecular flexibility index (Phi) is 7.12. The first kappa shape index (κ1) is 18.0. The maximum Gasteiger partial charge on any atom is 0.330 e. The molecule has 0 aliphatic rings. The summed E-state index contributed by atoms with van der Waals surface area (Å²) >= 11 is 0. The zero-order valence-corrected chi connectivity index (χ0v) is 12.7. The van der Waals surface area contributed by atoms with Crippen molar-refractivity contribution in [2.75, 3.05) is 24.6 Å². The smallest absolute Gasteiger partial charge is 0.330 e. The summed E-state index contributed by atoms with van der Waals surface area (Å²) in [6.07, 6.45) is 1.74. The molecule has 0 heterocycles. The van der Waals surface area contributed by atoms with Gasteiger partial charge in [-0.2, -0.15) is 0 Å². The molecule has 1 rings (SSSR count). The molecular weight excluding hydrogens is 298 g/mol. The molecule has 6 N–H and O–H groups in total. The lowest BCUT2D eigenvalue weighted by Gasteiger charge is -2.20. The Morgan fingerprint density at radius 1 is 1.30 bits per heavy atom. The number of carbonyl (C=O) groups is 2. The van der Waals surface area contributed by atoms with Gasteiger partial charge in [0.05, 0.1) is 6.54 Å². The van der Waals surface area contributed by atoms with Crippen molar-refractivity contribution in [1.29, 1.82) is 5.41 Å². The van der Waals surface area contributed by atoms with Gasteiger partial charge in [0.15, 0.2) is 5.96 Å². The van der Waals surface area contributed by atoms with E-state index in [0.29, 0.717) is 18.7 Å². The van der Waals surface area contributed by atoms with Gasteiger partial charge in [-0.1, -0.05) is 18.7 Å². The van der Waals surface area contributed by atoms with Crippen molar-refractivity contribution in [1.82, 2.24) is 5.32 Å². The molecule has 0 fully saturated rings. The average Bonchev–Trinajstić information content (AvgIpc) is 2.51. The van der Waals surface area contributed by atoms with E-state index in [1.54, 1.807) is 12.1 Å². The number of amides is 2. The Morgan fingerprint density at radius 3 is 2.48 bits per heavy atom. The number of nitrogens with one attached hydrogen (secondary N) is 2. The second-order valence-electron chi connectivity index (χ2n) is 4.62. The Bertz CT molecular complexity index is 571. The molecule has 0 bridgehead atoms. The van der Waals surface area contributed by atoms with Crippen LogP contribution in [-0.2, 0) is 16.0 Å². The van der Waals surface area contributed by atoms with Crippen molar-refractivity contribution >= 4 is 23.6 Å². The first-order valence-electron chi connectivity index (χ1n) is 6.97. The highest BCUT2D eigenvalue weighted by Gasteiger charge is 2.12. The fourth-order valence-corrected chi connectivity index (χ4v) is 1.85. The van der Waals surface area contributed by atoms with Crippen molar-refractivity contribution in [3.63, 3.8) is 0 Å². The molecule has 8 heteroatoms. The predicted octanol–water partition coefficient (Wildman–Crippen LogP) is 0.326. The molecule has 0 spiro atoms. The number of benzene rings is 1. The molecule has 0 aliphatic carbocycles. The minimum Gasteiger partial charge on any atom is -0.461 e. The minimum atomic E-state index is -0.634. The van der Waals surface area contributed by atoms with Gasteiger partial charge in [0.2, 0.25) is 0 Å². The number of nitrogens with two attached hydrogens (primary N) is 2. The normalized spacial score (nSPS) is 9.74. The third-order valence-corrected chi connectivity index (χ3v) is 2.97. The second-order valence-corrected chi connectivity index (χ2v) is 4.62. The van der Waals surface area contributed by atoms with Crippen LogP contribution in [0.3, 0.4) is 0 Å². The van der Waals surface area contributed by atoms with Crippen LogP contribution in [0.4, 0.5) is 10.5 Å². The molecule has 0 aliphatic heterocycles. The van der Waals surface area contributed by atoms with Crippen LogP contribution in [0.2, 0.25) is 0 Å². The maximum atomic E-state index is 11.5. The summed E-state index contributed by atoms with van der Waals surface area (Å²) in [6.45, 7) is 4.02. The van der Waals surface area contributed by atoms with Crippen molar-refractivity contribution in [3.05, 3.63) is 42.5 Å². The fraction of sp³-hybridized carbons (Fsp3) is 0.267. The van der Waals surface area contributed by atoms with E-state index in [0.717, 1.165) is 11.6 Å². The van der Waals surface area contributed by atoms with E-state index >= 15 is 0 Å². The number of hydrogen-bond donors (Lipinski definition) is 4. The van der Waals surface area contributed by atoms with E-state index in [1.807, 2.05) is 12.1 Å². The topological polar surface area (TPSA) is 135 Å². The molecule has 1 aromatic rings. The lowest BCUT2D eigenvalue weighted by Crippen LogP contribution is -2.38. The number of nitrogens with zero attached hydrogens (tertiary/aromatic N) is 1. The summed E-state index contributed by atoms with van der Waals surface area (Å²) in [4.78, 5) is 23.8. The number of esters is 1. The number of rotatable bonds is 8. The van der Waals surface area contributed by atoms with E-state index in [9.17, 15) is 9.59 Å². The lowest BCUT2D eigenvalue weighted by atomic mass is 10.1.